The van der Waals surface area contributed by atoms with Gasteiger partial charge in [0, 0.05) is 43.8 Å². The van der Waals surface area contributed by atoms with E-state index in [2.05, 4.69) is 27.7 Å². The second-order valence-electron chi connectivity index (χ2n) is 7.14. The summed E-state index contributed by atoms with van der Waals surface area (Å²) in [5.74, 6) is 0. The van der Waals surface area contributed by atoms with Crippen LogP contribution in [0.15, 0.2) is 0 Å². The maximum atomic E-state index is 8.29. The zero-order valence-corrected chi connectivity index (χ0v) is 21.6. The normalized spacial score (nSPS) is 9.10. The molecule has 0 amide bonds. The minimum absolute atomic E-state index is 0. The summed E-state index contributed by atoms with van der Waals surface area (Å²) in [5.41, 5.74) is 0. The first-order chi connectivity index (χ1) is 13.7. The van der Waals surface area contributed by atoms with Crippen molar-refractivity contribution in [2.75, 3.05) is 26.4 Å². The Labute approximate surface area is 194 Å². The number of rotatable bonds is 16. The Balaban J connectivity index is -0.0000000873. The standard InChI is InChI=1S/4C6H14O.Cr/c4*1-2-3-4-5-6-7;/h4*7H,2-6H2,1H3;. The van der Waals surface area contributed by atoms with Crippen LogP contribution in [0.5, 0.6) is 0 Å². The minimum Gasteiger partial charge on any atom is -0.396 e. The van der Waals surface area contributed by atoms with Crippen LogP contribution in [0.25, 0.3) is 0 Å². The van der Waals surface area contributed by atoms with Crippen molar-refractivity contribution in [3.8, 4) is 0 Å². The fraction of sp³-hybridized carbons (Fsp3) is 1.00. The summed E-state index contributed by atoms with van der Waals surface area (Å²) >= 11 is 0. The summed E-state index contributed by atoms with van der Waals surface area (Å²) in [6.07, 6.45) is 18.7. The van der Waals surface area contributed by atoms with Gasteiger partial charge >= 0.3 is 0 Å². The summed E-state index contributed by atoms with van der Waals surface area (Å²) < 4.78 is 0. The third-order valence-electron chi connectivity index (χ3n) is 4.05. The Morgan fingerprint density at radius 1 is 0.310 bits per heavy atom. The minimum atomic E-state index is 0. The maximum Gasteiger partial charge on any atom is 0.0431 e. The maximum absolute atomic E-state index is 8.29. The average molecular weight is 461 g/mol. The molecule has 0 saturated heterocycles. The van der Waals surface area contributed by atoms with Crippen LogP contribution in [-0.2, 0) is 17.4 Å². The molecule has 5 heteroatoms. The van der Waals surface area contributed by atoms with Gasteiger partial charge in [-0.15, -0.1) is 0 Å². The van der Waals surface area contributed by atoms with Crippen LogP contribution in [0.3, 0.4) is 0 Å². The zero-order valence-electron chi connectivity index (χ0n) is 20.3. The Kier molecular flexibility index (Phi) is 70.3. The molecule has 0 aromatic heterocycles. The van der Waals surface area contributed by atoms with Gasteiger partial charge < -0.3 is 20.4 Å². The van der Waals surface area contributed by atoms with Crippen LogP contribution in [0.1, 0.15) is 130 Å². The van der Waals surface area contributed by atoms with Gasteiger partial charge in [-0.2, -0.15) is 0 Å². The van der Waals surface area contributed by atoms with Gasteiger partial charge in [-0.25, -0.2) is 0 Å². The molecule has 0 radical (unpaired) electrons. The third-order valence-corrected chi connectivity index (χ3v) is 4.05. The topological polar surface area (TPSA) is 80.9 Å². The number of hydrogen-bond donors (Lipinski definition) is 4. The zero-order chi connectivity index (χ0) is 22.1. The molecule has 0 heterocycles. The molecule has 0 aromatic rings. The Bertz CT molecular complexity index is 140. The summed E-state index contributed by atoms with van der Waals surface area (Å²) in [6, 6.07) is 0. The van der Waals surface area contributed by atoms with Gasteiger partial charge in [-0.1, -0.05) is 105 Å². The molecule has 0 rings (SSSR count). The molecule has 0 aliphatic carbocycles. The van der Waals surface area contributed by atoms with Gasteiger partial charge in [0.25, 0.3) is 0 Å². The van der Waals surface area contributed by atoms with E-state index in [-0.39, 0.29) is 17.4 Å². The van der Waals surface area contributed by atoms with E-state index in [1.165, 1.54) is 77.0 Å². The summed E-state index contributed by atoms with van der Waals surface area (Å²) in [4.78, 5) is 0. The first-order valence-corrected chi connectivity index (χ1v) is 12.1. The molecule has 0 aromatic carbocycles. The molecule has 0 fully saturated rings. The molecule has 29 heavy (non-hydrogen) atoms. The molecular formula is C24H56CrO4. The van der Waals surface area contributed by atoms with Crippen molar-refractivity contribution in [3.63, 3.8) is 0 Å². The quantitative estimate of drug-likeness (QED) is 0.206. The van der Waals surface area contributed by atoms with E-state index in [0.717, 1.165) is 25.7 Å². The number of aliphatic hydroxyl groups is 4. The van der Waals surface area contributed by atoms with E-state index in [4.69, 9.17) is 20.4 Å². The molecule has 0 atom stereocenters. The van der Waals surface area contributed by atoms with Crippen molar-refractivity contribution in [1.82, 2.24) is 0 Å². The Morgan fingerprint density at radius 3 is 0.586 bits per heavy atom. The van der Waals surface area contributed by atoms with Crippen molar-refractivity contribution >= 4 is 0 Å². The molecule has 4 nitrogen and oxygen atoms in total. The molecule has 182 valence electrons. The second kappa shape index (κ2) is 51.2. The van der Waals surface area contributed by atoms with Gasteiger partial charge in [0.05, 0.1) is 0 Å². The fourth-order valence-electron chi connectivity index (χ4n) is 2.15. The van der Waals surface area contributed by atoms with E-state index in [0.29, 0.717) is 26.4 Å². The predicted octanol–water partition coefficient (Wildman–Crippen LogP) is 6.23. The van der Waals surface area contributed by atoms with Crippen LogP contribution in [0, 0.1) is 0 Å². The van der Waals surface area contributed by atoms with Crippen LogP contribution >= 0.6 is 0 Å². The summed E-state index contributed by atoms with van der Waals surface area (Å²) in [7, 11) is 0. The SMILES string of the molecule is CCCCCCO.CCCCCCO.CCCCCCO.CCCCCCO.[Cr]. The number of aliphatic hydroxyl groups excluding tert-OH is 4. The fourth-order valence-corrected chi connectivity index (χ4v) is 2.15. The van der Waals surface area contributed by atoms with Crippen LogP contribution in [-0.4, -0.2) is 46.9 Å². The van der Waals surface area contributed by atoms with Crippen molar-refractivity contribution in [3.05, 3.63) is 0 Å². The van der Waals surface area contributed by atoms with E-state index >= 15 is 0 Å². The Morgan fingerprint density at radius 2 is 0.483 bits per heavy atom. The van der Waals surface area contributed by atoms with Crippen molar-refractivity contribution < 1.29 is 37.8 Å². The molecule has 0 bridgehead atoms. The molecule has 0 aliphatic heterocycles. The van der Waals surface area contributed by atoms with Gasteiger partial charge in [-0.05, 0) is 25.7 Å². The molecular weight excluding hydrogens is 404 g/mol. The first kappa shape index (κ1) is 39.8. The number of hydrogen-bond acceptors (Lipinski definition) is 4. The monoisotopic (exact) mass is 460 g/mol. The van der Waals surface area contributed by atoms with Crippen molar-refractivity contribution in [2.45, 2.75) is 130 Å². The first-order valence-electron chi connectivity index (χ1n) is 12.1. The third kappa shape index (κ3) is 73.6. The number of unbranched alkanes of at least 4 members (excludes halogenated alkanes) is 12. The Hall–Kier alpha value is 0.372. The van der Waals surface area contributed by atoms with E-state index in [1.807, 2.05) is 0 Å². The van der Waals surface area contributed by atoms with E-state index < -0.39 is 0 Å². The molecule has 0 aliphatic rings. The smallest absolute Gasteiger partial charge is 0.0431 e. The molecule has 0 spiro atoms. The molecule has 0 saturated carbocycles. The predicted molar refractivity (Wildman–Crippen MR) is 125 cm³/mol. The van der Waals surface area contributed by atoms with Crippen molar-refractivity contribution in [2.24, 2.45) is 0 Å². The summed E-state index contributed by atoms with van der Waals surface area (Å²) in [6.45, 7) is 10.1. The van der Waals surface area contributed by atoms with Crippen LogP contribution < -0.4 is 0 Å². The van der Waals surface area contributed by atoms with Gasteiger partial charge in [0.2, 0.25) is 0 Å². The molecule has 0 unspecified atom stereocenters. The van der Waals surface area contributed by atoms with Crippen LogP contribution in [0.4, 0.5) is 0 Å². The largest absolute Gasteiger partial charge is 0.396 e. The molecule has 4 N–H and O–H groups in total. The van der Waals surface area contributed by atoms with Gasteiger partial charge in [0.1, 0.15) is 0 Å². The van der Waals surface area contributed by atoms with Gasteiger partial charge in [-0.3, -0.25) is 0 Å². The average Bonchev–Trinajstić information content (AvgIpc) is 2.71. The van der Waals surface area contributed by atoms with Crippen LogP contribution in [0.2, 0.25) is 0 Å². The van der Waals surface area contributed by atoms with Gasteiger partial charge in [0.15, 0.2) is 0 Å². The van der Waals surface area contributed by atoms with E-state index in [9.17, 15) is 0 Å². The van der Waals surface area contributed by atoms with Crippen molar-refractivity contribution in [1.29, 1.82) is 0 Å². The summed E-state index contributed by atoms with van der Waals surface area (Å²) in [5, 5.41) is 33.2. The second-order valence-corrected chi connectivity index (χ2v) is 7.14. The van der Waals surface area contributed by atoms with E-state index in [1.54, 1.807) is 0 Å².